The van der Waals surface area contributed by atoms with Gasteiger partial charge >= 0.3 is 0 Å². The predicted molar refractivity (Wildman–Crippen MR) is 144 cm³/mol. The van der Waals surface area contributed by atoms with Crippen LogP contribution in [0.1, 0.15) is 74.3 Å². The summed E-state index contributed by atoms with van der Waals surface area (Å²) in [4.78, 5) is 22.0. The van der Waals surface area contributed by atoms with E-state index in [0.29, 0.717) is 17.3 Å². The number of hydrogen-bond acceptors (Lipinski definition) is 5. The van der Waals surface area contributed by atoms with Crippen molar-refractivity contribution < 1.29 is 4.79 Å². The highest BCUT2D eigenvalue weighted by Crippen LogP contribution is 2.30. The molecule has 182 valence electrons. The summed E-state index contributed by atoms with van der Waals surface area (Å²) in [6, 6.07) is 0. The number of carbonyl (C=O) groups is 1. The molecule has 0 radical (unpaired) electrons. The van der Waals surface area contributed by atoms with Crippen molar-refractivity contribution in [3.63, 3.8) is 0 Å². The molecule has 0 spiro atoms. The Balaban J connectivity index is 2.05. The van der Waals surface area contributed by atoms with Gasteiger partial charge in [0.15, 0.2) is 5.11 Å². The summed E-state index contributed by atoms with van der Waals surface area (Å²) < 4.78 is 0. The summed E-state index contributed by atoms with van der Waals surface area (Å²) in [6.07, 6.45) is 11.0. The molecule has 1 fully saturated rings. The quantitative estimate of drug-likeness (QED) is 0.335. The summed E-state index contributed by atoms with van der Waals surface area (Å²) >= 11 is 7.07. The van der Waals surface area contributed by atoms with Crippen LogP contribution in [0, 0.1) is 0 Å². The summed E-state index contributed by atoms with van der Waals surface area (Å²) in [5, 5.41) is 10.1. The lowest BCUT2D eigenvalue weighted by molar-refractivity contribution is 0.0961. The second-order valence-corrected chi connectivity index (χ2v) is 9.50. The average molecular weight is 490 g/mol. The molecule has 0 saturated carbocycles. The van der Waals surface area contributed by atoms with E-state index in [1.807, 2.05) is 12.4 Å². The molecule has 0 unspecified atom stereocenters. The molecule has 0 aromatic carbocycles. The Kier molecular flexibility index (Phi) is 11.6. The molecule has 1 saturated heterocycles. The molecular weight excluding hydrogens is 450 g/mol. The molecule has 0 aliphatic carbocycles. The normalized spacial score (nSPS) is 15.3. The van der Waals surface area contributed by atoms with Crippen LogP contribution >= 0.6 is 23.6 Å². The second-order valence-electron chi connectivity index (χ2n) is 8.23. The Morgan fingerprint density at radius 1 is 1.33 bits per heavy atom. The molecule has 2 N–H and O–H groups in total. The van der Waals surface area contributed by atoms with Crippen molar-refractivity contribution in [3.05, 3.63) is 52.3 Å². The van der Waals surface area contributed by atoms with Crippen LogP contribution in [0.15, 0.2) is 41.6 Å². The lowest BCUT2D eigenvalue weighted by Crippen LogP contribution is -2.44. The number of likely N-dealkylation sites (N-methyl/N-ethyl adjacent to an activating group) is 1. The van der Waals surface area contributed by atoms with Crippen LogP contribution in [0.4, 0.5) is 0 Å². The molecule has 1 aliphatic heterocycles. The third-order valence-electron chi connectivity index (χ3n) is 5.76. The number of nitrogens with zero attached hydrogens (tertiary/aromatic N) is 3. The lowest BCUT2D eigenvalue weighted by Gasteiger charge is -2.33. The highest BCUT2D eigenvalue weighted by atomic mass is 32.1. The molecule has 0 bridgehead atoms. The summed E-state index contributed by atoms with van der Waals surface area (Å²) in [7, 11) is 2.01. The lowest BCUT2D eigenvalue weighted by atomic mass is 9.98. The third kappa shape index (κ3) is 7.96. The van der Waals surface area contributed by atoms with E-state index in [4.69, 9.17) is 17.2 Å². The highest BCUT2D eigenvalue weighted by molar-refractivity contribution is 7.80. The molecule has 8 heteroatoms. The van der Waals surface area contributed by atoms with Crippen molar-refractivity contribution >= 4 is 34.6 Å². The van der Waals surface area contributed by atoms with Gasteiger partial charge in [0, 0.05) is 44.5 Å². The Bertz CT molecular complexity index is 853. The van der Waals surface area contributed by atoms with Crippen LogP contribution in [0.2, 0.25) is 0 Å². The molecule has 1 aliphatic rings. The second kappa shape index (κ2) is 14.2. The summed E-state index contributed by atoms with van der Waals surface area (Å²) in [6.45, 7) is 13.9. The minimum Gasteiger partial charge on any atom is -0.373 e. The van der Waals surface area contributed by atoms with E-state index < -0.39 is 0 Å². The first-order valence-electron chi connectivity index (χ1n) is 12.0. The van der Waals surface area contributed by atoms with Crippen LogP contribution in [0.25, 0.3) is 0 Å². The summed E-state index contributed by atoms with van der Waals surface area (Å²) in [5.41, 5.74) is 2.12. The standard InChI is InChI=1S/C25H39N5OS2/c1-6-10-11-12-22(29(5)9-4)20(8-3)27-23(31)21-18-33-24(28-21)19-13-16-30(17-14-19)25(32)26-15-7-2/h8,11-12,18-19H,3,6-7,9-10,13-17H2,1-2,4-5H3,(H,26,32)(H,27,31)/b12-11-,22-20-. The van der Waals surface area contributed by atoms with Crippen molar-refractivity contribution in [3.8, 4) is 0 Å². The molecule has 2 rings (SSSR count). The monoisotopic (exact) mass is 489 g/mol. The topological polar surface area (TPSA) is 60.5 Å². The van der Waals surface area contributed by atoms with E-state index in [1.165, 1.54) is 0 Å². The van der Waals surface area contributed by atoms with Crippen molar-refractivity contribution in [2.24, 2.45) is 0 Å². The minimum absolute atomic E-state index is 0.194. The number of piperidine rings is 1. The zero-order valence-electron chi connectivity index (χ0n) is 20.5. The van der Waals surface area contributed by atoms with E-state index in [2.05, 4.69) is 59.9 Å². The fourth-order valence-corrected chi connectivity index (χ4v) is 4.87. The maximum Gasteiger partial charge on any atom is 0.275 e. The predicted octanol–water partition coefficient (Wildman–Crippen LogP) is 5.04. The van der Waals surface area contributed by atoms with Crippen LogP contribution in [0.3, 0.4) is 0 Å². The number of allylic oxidation sites excluding steroid dienone is 3. The fourth-order valence-electron chi connectivity index (χ4n) is 3.61. The number of unbranched alkanes of at least 4 members (excludes halogenated alkanes) is 1. The Hall–Kier alpha value is -2.19. The maximum absolute atomic E-state index is 13.0. The van der Waals surface area contributed by atoms with Crippen LogP contribution < -0.4 is 10.6 Å². The van der Waals surface area contributed by atoms with E-state index >= 15 is 0 Å². The maximum atomic E-state index is 13.0. The number of aromatic nitrogens is 1. The SMILES string of the molecule is C=C/C(NC(=O)c1csc(C2CCN(C(=S)NCCC)CC2)n1)=C(\C=C/CCC)N(C)CC. The zero-order valence-corrected chi connectivity index (χ0v) is 22.2. The minimum atomic E-state index is -0.194. The van der Waals surface area contributed by atoms with Gasteiger partial charge in [-0.2, -0.15) is 0 Å². The van der Waals surface area contributed by atoms with Gasteiger partial charge in [0.25, 0.3) is 5.91 Å². The van der Waals surface area contributed by atoms with Crippen molar-refractivity contribution in [2.45, 2.75) is 58.8 Å². The zero-order chi connectivity index (χ0) is 24.2. The molecule has 2 heterocycles. The van der Waals surface area contributed by atoms with Gasteiger partial charge < -0.3 is 20.4 Å². The number of thiazole rings is 1. The van der Waals surface area contributed by atoms with Crippen molar-refractivity contribution in [2.75, 3.05) is 33.2 Å². The smallest absolute Gasteiger partial charge is 0.275 e. The van der Waals surface area contributed by atoms with Gasteiger partial charge in [-0.3, -0.25) is 4.79 Å². The van der Waals surface area contributed by atoms with Crippen molar-refractivity contribution in [1.82, 2.24) is 25.4 Å². The van der Waals surface area contributed by atoms with Gasteiger partial charge in [-0.15, -0.1) is 11.3 Å². The fraction of sp³-hybridized carbons (Fsp3) is 0.560. The van der Waals surface area contributed by atoms with Gasteiger partial charge in [0.05, 0.1) is 16.4 Å². The number of amides is 1. The molecule has 1 amide bonds. The number of nitrogens with one attached hydrogen (secondary N) is 2. The van der Waals surface area contributed by atoms with Crippen molar-refractivity contribution in [1.29, 1.82) is 0 Å². The van der Waals surface area contributed by atoms with E-state index in [-0.39, 0.29) is 5.91 Å². The average Bonchev–Trinajstić information content (AvgIpc) is 3.34. The van der Waals surface area contributed by atoms with Crippen LogP contribution in [0.5, 0.6) is 0 Å². The molecule has 0 atom stereocenters. The first-order chi connectivity index (χ1) is 15.9. The molecule has 6 nitrogen and oxygen atoms in total. The number of thiocarbonyl (C=S) groups is 1. The van der Waals surface area contributed by atoms with Gasteiger partial charge in [-0.05, 0) is 57.0 Å². The highest BCUT2D eigenvalue weighted by Gasteiger charge is 2.25. The Morgan fingerprint density at radius 2 is 2.06 bits per heavy atom. The van der Waals surface area contributed by atoms with E-state index in [9.17, 15) is 4.79 Å². The Morgan fingerprint density at radius 3 is 2.67 bits per heavy atom. The van der Waals surface area contributed by atoms with Gasteiger partial charge in [-0.25, -0.2) is 4.98 Å². The van der Waals surface area contributed by atoms with Crippen LogP contribution in [-0.4, -0.2) is 59.0 Å². The first-order valence-corrected chi connectivity index (χ1v) is 13.3. The Labute approximate surface area is 208 Å². The molecule has 1 aromatic heterocycles. The molecule has 33 heavy (non-hydrogen) atoms. The van der Waals surface area contributed by atoms with Crippen LogP contribution in [-0.2, 0) is 0 Å². The first kappa shape index (κ1) is 27.1. The molecule has 1 aromatic rings. The summed E-state index contributed by atoms with van der Waals surface area (Å²) in [5.74, 6) is 0.177. The van der Waals surface area contributed by atoms with E-state index in [1.54, 1.807) is 17.4 Å². The number of likely N-dealkylation sites (tertiary alicyclic amines) is 1. The third-order valence-corrected chi connectivity index (χ3v) is 7.17. The number of hydrogen-bond donors (Lipinski definition) is 2. The molecular formula is C25H39N5OS2. The number of rotatable bonds is 11. The van der Waals surface area contributed by atoms with E-state index in [0.717, 1.165) is 74.1 Å². The largest absolute Gasteiger partial charge is 0.373 e. The van der Waals surface area contributed by atoms with Gasteiger partial charge in [-0.1, -0.05) is 32.9 Å². The van der Waals surface area contributed by atoms with Gasteiger partial charge in [0.1, 0.15) is 5.69 Å². The van der Waals surface area contributed by atoms with Gasteiger partial charge in [0.2, 0.25) is 0 Å². The number of carbonyl (C=O) groups excluding carboxylic acids is 1.